The van der Waals surface area contributed by atoms with Crippen LogP contribution in [0.2, 0.25) is 0 Å². The van der Waals surface area contributed by atoms with E-state index < -0.39 is 0 Å². The fraction of sp³-hybridized carbons (Fsp3) is 0.385. The van der Waals surface area contributed by atoms with Crippen molar-refractivity contribution in [2.75, 3.05) is 14.2 Å². The third kappa shape index (κ3) is 3.00. The van der Waals surface area contributed by atoms with E-state index in [1.165, 1.54) is 5.57 Å². The zero-order chi connectivity index (χ0) is 12.1. The number of ether oxygens (including phenoxy) is 1. The predicted octanol–water partition coefficient (Wildman–Crippen LogP) is 2.41. The van der Waals surface area contributed by atoms with E-state index in [1.54, 1.807) is 13.2 Å². The van der Waals surface area contributed by atoms with Crippen LogP contribution in [0, 0.1) is 0 Å². The van der Waals surface area contributed by atoms with Crippen LogP contribution in [0.1, 0.15) is 19.4 Å². The van der Waals surface area contributed by atoms with Crippen LogP contribution >= 0.6 is 0 Å². The smallest absolute Gasteiger partial charge is 0.161 e. The number of nitrogens with one attached hydrogen (secondary N) is 1. The van der Waals surface area contributed by atoms with Crippen LogP contribution in [0.15, 0.2) is 23.8 Å². The highest BCUT2D eigenvalue weighted by atomic mass is 16.5. The van der Waals surface area contributed by atoms with E-state index in [2.05, 4.69) is 25.2 Å². The van der Waals surface area contributed by atoms with Crippen molar-refractivity contribution < 1.29 is 9.84 Å². The Morgan fingerprint density at radius 2 is 2.19 bits per heavy atom. The molecule has 0 saturated carbocycles. The summed E-state index contributed by atoms with van der Waals surface area (Å²) in [6.45, 7) is 4.17. The maximum absolute atomic E-state index is 9.47. The molecule has 0 spiro atoms. The molecule has 88 valence electrons. The van der Waals surface area contributed by atoms with E-state index in [0.29, 0.717) is 11.8 Å². The number of phenolic OH excluding ortho intramolecular Hbond substituents is 1. The van der Waals surface area contributed by atoms with Crippen molar-refractivity contribution in [3.05, 3.63) is 29.3 Å². The van der Waals surface area contributed by atoms with Crippen molar-refractivity contribution in [1.29, 1.82) is 0 Å². The molecule has 0 fully saturated rings. The highest BCUT2D eigenvalue weighted by Gasteiger charge is 2.03. The third-order valence-electron chi connectivity index (χ3n) is 2.71. The lowest BCUT2D eigenvalue weighted by Crippen LogP contribution is -2.21. The van der Waals surface area contributed by atoms with Crippen molar-refractivity contribution in [2.45, 2.75) is 19.9 Å². The Hall–Kier alpha value is -1.48. The van der Waals surface area contributed by atoms with E-state index >= 15 is 0 Å². The van der Waals surface area contributed by atoms with Crippen LogP contribution in [-0.4, -0.2) is 25.3 Å². The molecule has 0 aliphatic carbocycles. The SMILES string of the molecule is CNC(C)/C(C)=C/c1ccc(O)c(OC)c1. The van der Waals surface area contributed by atoms with Gasteiger partial charge >= 0.3 is 0 Å². The maximum Gasteiger partial charge on any atom is 0.161 e. The number of methoxy groups -OCH3 is 1. The molecular formula is C13H19NO2. The van der Waals surface area contributed by atoms with Gasteiger partial charge < -0.3 is 15.2 Å². The van der Waals surface area contributed by atoms with Crippen LogP contribution in [0.4, 0.5) is 0 Å². The van der Waals surface area contributed by atoms with Crippen LogP contribution in [0.25, 0.3) is 6.08 Å². The van der Waals surface area contributed by atoms with Crippen molar-refractivity contribution in [1.82, 2.24) is 5.32 Å². The average Bonchev–Trinajstić information content (AvgIpc) is 2.30. The van der Waals surface area contributed by atoms with Crippen LogP contribution in [0.3, 0.4) is 0 Å². The fourth-order valence-electron chi connectivity index (χ4n) is 1.40. The second kappa shape index (κ2) is 5.56. The zero-order valence-corrected chi connectivity index (χ0v) is 10.2. The van der Waals surface area contributed by atoms with Crippen LogP contribution in [-0.2, 0) is 0 Å². The van der Waals surface area contributed by atoms with Gasteiger partial charge in [-0.1, -0.05) is 17.7 Å². The van der Waals surface area contributed by atoms with Crippen LogP contribution in [0.5, 0.6) is 11.5 Å². The van der Waals surface area contributed by atoms with Gasteiger partial charge in [0, 0.05) is 6.04 Å². The van der Waals surface area contributed by atoms with E-state index in [-0.39, 0.29) is 5.75 Å². The van der Waals surface area contributed by atoms with Gasteiger partial charge in [0.15, 0.2) is 11.5 Å². The Morgan fingerprint density at radius 1 is 1.50 bits per heavy atom. The van der Waals surface area contributed by atoms with E-state index in [4.69, 9.17) is 4.74 Å². The minimum atomic E-state index is 0.166. The average molecular weight is 221 g/mol. The van der Waals surface area contributed by atoms with E-state index in [9.17, 15) is 5.11 Å². The summed E-state index contributed by atoms with van der Waals surface area (Å²) in [6, 6.07) is 5.66. The number of aromatic hydroxyl groups is 1. The quantitative estimate of drug-likeness (QED) is 0.820. The molecule has 0 saturated heterocycles. The van der Waals surface area contributed by atoms with Crippen LogP contribution < -0.4 is 10.1 Å². The number of phenols is 1. The van der Waals surface area contributed by atoms with Gasteiger partial charge in [0.1, 0.15) is 0 Å². The Kier molecular flexibility index (Phi) is 4.38. The molecule has 0 aliphatic rings. The number of likely N-dealkylation sites (N-methyl/N-ethyl adjacent to an activating group) is 1. The molecule has 0 amide bonds. The summed E-state index contributed by atoms with van der Waals surface area (Å²) >= 11 is 0. The summed E-state index contributed by atoms with van der Waals surface area (Å²) in [5.41, 5.74) is 2.25. The fourth-order valence-corrected chi connectivity index (χ4v) is 1.40. The lowest BCUT2D eigenvalue weighted by Gasteiger charge is -2.11. The molecule has 1 atom stereocenters. The maximum atomic E-state index is 9.47. The van der Waals surface area contributed by atoms with E-state index in [1.807, 2.05) is 19.2 Å². The molecule has 16 heavy (non-hydrogen) atoms. The molecule has 1 unspecified atom stereocenters. The number of benzene rings is 1. The van der Waals surface area contributed by atoms with Gasteiger partial charge in [0.05, 0.1) is 7.11 Å². The normalized spacial score (nSPS) is 13.6. The lowest BCUT2D eigenvalue weighted by atomic mass is 10.1. The Labute approximate surface area is 96.8 Å². The first kappa shape index (κ1) is 12.6. The van der Waals surface area contributed by atoms with Crippen molar-refractivity contribution in [3.63, 3.8) is 0 Å². The highest BCUT2D eigenvalue weighted by Crippen LogP contribution is 2.27. The molecule has 1 aromatic rings. The first-order valence-corrected chi connectivity index (χ1v) is 5.31. The number of hydrogen-bond acceptors (Lipinski definition) is 3. The first-order valence-electron chi connectivity index (χ1n) is 5.31. The second-order valence-corrected chi connectivity index (χ2v) is 3.83. The molecule has 0 aliphatic heterocycles. The second-order valence-electron chi connectivity index (χ2n) is 3.83. The summed E-state index contributed by atoms with van der Waals surface area (Å²) in [5.74, 6) is 0.664. The van der Waals surface area contributed by atoms with Gasteiger partial charge in [-0.2, -0.15) is 0 Å². The Bertz CT molecular complexity index is 386. The first-order chi connectivity index (χ1) is 7.58. The highest BCUT2D eigenvalue weighted by molar-refractivity contribution is 5.58. The molecule has 0 bridgehead atoms. The summed E-state index contributed by atoms with van der Waals surface area (Å²) in [7, 11) is 3.48. The standard InChI is InChI=1S/C13H19NO2/c1-9(10(2)14-3)7-11-5-6-12(15)13(8-11)16-4/h5-8,10,14-15H,1-4H3/b9-7+. The topological polar surface area (TPSA) is 41.5 Å². The molecule has 3 nitrogen and oxygen atoms in total. The van der Waals surface area contributed by atoms with Gasteiger partial charge in [-0.15, -0.1) is 0 Å². The monoisotopic (exact) mass is 221 g/mol. The molecule has 0 heterocycles. The Morgan fingerprint density at radius 3 is 2.75 bits per heavy atom. The van der Waals surface area contributed by atoms with Crippen molar-refractivity contribution >= 4 is 6.08 Å². The molecule has 0 aromatic heterocycles. The van der Waals surface area contributed by atoms with Gasteiger partial charge in [0.25, 0.3) is 0 Å². The summed E-state index contributed by atoms with van der Waals surface area (Å²) < 4.78 is 5.06. The minimum absolute atomic E-state index is 0.166. The number of hydrogen-bond donors (Lipinski definition) is 2. The lowest BCUT2D eigenvalue weighted by molar-refractivity contribution is 0.373. The minimum Gasteiger partial charge on any atom is -0.504 e. The zero-order valence-electron chi connectivity index (χ0n) is 10.2. The van der Waals surface area contributed by atoms with Crippen molar-refractivity contribution in [2.24, 2.45) is 0 Å². The van der Waals surface area contributed by atoms with Gasteiger partial charge in [-0.3, -0.25) is 0 Å². The number of rotatable bonds is 4. The molecule has 1 rings (SSSR count). The third-order valence-corrected chi connectivity index (χ3v) is 2.71. The summed E-state index contributed by atoms with van der Waals surface area (Å²) in [6.07, 6.45) is 2.07. The van der Waals surface area contributed by atoms with Gasteiger partial charge in [-0.05, 0) is 38.6 Å². The molecule has 1 aromatic carbocycles. The molecule has 3 heteroatoms. The van der Waals surface area contributed by atoms with Gasteiger partial charge in [0.2, 0.25) is 0 Å². The Balaban J connectivity index is 2.97. The summed E-state index contributed by atoms with van der Waals surface area (Å²) in [5, 5.41) is 12.6. The largest absolute Gasteiger partial charge is 0.504 e. The summed E-state index contributed by atoms with van der Waals surface area (Å²) in [4.78, 5) is 0. The molecule has 2 N–H and O–H groups in total. The van der Waals surface area contributed by atoms with E-state index in [0.717, 1.165) is 5.56 Å². The molecular weight excluding hydrogens is 202 g/mol. The molecule has 0 radical (unpaired) electrons. The van der Waals surface area contributed by atoms with Crippen molar-refractivity contribution in [3.8, 4) is 11.5 Å². The van der Waals surface area contributed by atoms with Gasteiger partial charge in [-0.25, -0.2) is 0 Å². The predicted molar refractivity (Wildman–Crippen MR) is 66.8 cm³/mol.